The number of piperazine rings is 1. The predicted molar refractivity (Wildman–Crippen MR) is 80.3 cm³/mol. The van der Waals surface area contributed by atoms with Crippen molar-refractivity contribution in [3.8, 4) is 0 Å². The average Bonchev–Trinajstić information content (AvgIpc) is 3.25. The van der Waals surface area contributed by atoms with Crippen LogP contribution in [0.1, 0.15) is 26.7 Å². The first kappa shape index (κ1) is 14.5. The third-order valence-corrected chi connectivity index (χ3v) is 5.04. The highest BCUT2D eigenvalue weighted by molar-refractivity contribution is 9.10. The number of nitrogens with one attached hydrogen (secondary N) is 1. The standard InChI is InChI=1S/C15H16BrFN2O2/c1-8-13(20)18-15(2,9-3-4-9)14(21)19(8)12-7-10(17)5-6-11(12)16/h5-9H,3-4H2,1-2H3,(H,18,20). The van der Waals surface area contributed by atoms with Crippen molar-refractivity contribution in [1.82, 2.24) is 5.32 Å². The van der Waals surface area contributed by atoms with Gasteiger partial charge in [-0.15, -0.1) is 0 Å². The molecule has 2 atom stereocenters. The number of rotatable bonds is 2. The number of hydrogen-bond acceptors (Lipinski definition) is 2. The summed E-state index contributed by atoms with van der Waals surface area (Å²) in [5, 5.41) is 2.85. The van der Waals surface area contributed by atoms with Gasteiger partial charge in [0.2, 0.25) is 5.91 Å². The van der Waals surface area contributed by atoms with Gasteiger partial charge in [0.1, 0.15) is 17.4 Å². The number of nitrogens with zero attached hydrogens (tertiary/aromatic N) is 1. The van der Waals surface area contributed by atoms with E-state index in [-0.39, 0.29) is 17.7 Å². The summed E-state index contributed by atoms with van der Waals surface area (Å²) < 4.78 is 14.2. The number of halogens is 2. The molecule has 2 aliphatic rings. The van der Waals surface area contributed by atoms with Gasteiger partial charge in [0, 0.05) is 4.47 Å². The van der Waals surface area contributed by atoms with Crippen molar-refractivity contribution in [2.45, 2.75) is 38.3 Å². The van der Waals surface area contributed by atoms with Crippen molar-refractivity contribution in [3.63, 3.8) is 0 Å². The molecule has 1 aliphatic heterocycles. The summed E-state index contributed by atoms with van der Waals surface area (Å²) in [4.78, 5) is 26.6. The number of carbonyl (C=O) groups is 2. The lowest BCUT2D eigenvalue weighted by molar-refractivity contribution is -0.138. The molecular weight excluding hydrogens is 339 g/mol. The monoisotopic (exact) mass is 354 g/mol. The molecule has 1 saturated heterocycles. The van der Waals surface area contributed by atoms with Crippen LogP contribution >= 0.6 is 15.9 Å². The van der Waals surface area contributed by atoms with Crippen LogP contribution < -0.4 is 10.2 Å². The van der Waals surface area contributed by atoms with E-state index in [2.05, 4.69) is 21.2 Å². The topological polar surface area (TPSA) is 49.4 Å². The molecule has 4 nitrogen and oxygen atoms in total. The molecular formula is C15H16BrFN2O2. The van der Waals surface area contributed by atoms with Crippen molar-refractivity contribution < 1.29 is 14.0 Å². The maximum absolute atomic E-state index is 13.6. The van der Waals surface area contributed by atoms with E-state index in [0.29, 0.717) is 10.2 Å². The zero-order valence-corrected chi connectivity index (χ0v) is 13.4. The summed E-state index contributed by atoms with van der Waals surface area (Å²) in [5.74, 6) is -0.660. The summed E-state index contributed by atoms with van der Waals surface area (Å²) in [5.41, 5.74) is -0.496. The Bertz CT molecular complexity index is 632. The minimum atomic E-state index is -0.894. The summed E-state index contributed by atoms with van der Waals surface area (Å²) in [6.07, 6.45) is 1.85. The number of benzene rings is 1. The first-order valence-electron chi connectivity index (χ1n) is 6.95. The minimum absolute atomic E-state index is 0.163. The molecule has 0 bridgehead atoms. The molecule has 2 fully saturated rings. The van der Waals surface area contributed by atoms with Gasteiger partial charge < -0.3 is 5.32 Å². The summed E-state index contributed by atoms with van der Waals surface area (Å²) >= 11 is 3.34. The molecule has 0 radical (unpaired) electrons. The van der Waals surface area contributed by atoms with E-state index in [1.165, 1.54) is 17.0 Å². The molecule has 0 aromatic heterocycles. The van der Waals surface area contributed by atoms with Crippen LogP contribution in [0.15, 0.2) is 22.7 Å². The van der Waals surface area contributed by atoms with Crippen molar-refractivity contribution in [3.05, 3.63) is 28.5 Å². The van der Waals surface area contributed by atoms with E-state index in [4.69, 9.17) is 0 Å². The third-order valence-electron chi connectivity index (χ3n) is 4.37. The molecule has 2 unspecified atom stereocenters. The molecule has 1 N–H and O–H groups in total. The Labute approximate surface area is 130 Å². The molecule has 2 amide bonds. The van der Waals surface area contributed by atoms with Gasteiger partial charge in [-0.2, -0.15) is 0 Å². The van der Waals surface area contributed by atoms with Gasteiger partial charge in [0.25, 0.3) is 5.91 Å². The van der Waals surface area contributed by atoms with E-state index in [1.807, 2.05) is 0 Å². The van der Waals surface area contributed by atoms with Crippen LogP contribution in [0.2, 0.25) is 0 Å². The lowest BCUT2D eigenvalue weighted by Crippen LogP contribution is -2.70. The van der Waals surface area contributed by atoms with Crippen LogP contribution in [0, 0.1) is 11.7 Å². The van der Waals surface area contributed by atoms with Crippen molar-refractivity contribution >= 4 is 33.4 Å². The van der Waals surface area contributed by atoms with E-state index < -0.39 is 17.4 Å². The van der Waals surface area contributed by atoms with E-state index >= 15 is 0 Å². The van der Waals surface area contributed by atoms with Gasteiger partial charge >= 0.3 is 0 Å². The Kier molecular flexibility index (Phi) is 3.31. The highest BCUT2D eigenvalue weighted by Gasteiger charge is 2.55. The maximum Gasteiger partial charge on any atom is 0.253 e. The summed E-state index contributed by atoms with van der Waals surface area (Å²) in [6.45, 7) is 3.41. The smallest absolute Gasteiger partial charge is 0.253 e. The van der Waals surface area contributed by atoms with Crippen LogP contribution in [0.25, 0.3) is 0 Å². The molecule has 1 aromatic rings. The second kappa shape index (κ2) is 4.80. The van der Waals surface area contributed by atoms with E-state index in [0.717, 1.165) is 12.8 Å². The molecule has 112 valence electrons. The first-order valence-corrected chi connectivity index (χ1v) is 7.74. The van der Waals surface area contributed by atoms with Gasteiger partial charge in [-0.3, -0.25) is 14.5 Å². The molecule has 0 spiro atoms. The van der Waals surface area contributed by atoms with Crippen LogP contribution in [0.3, 0.4) is 0 Å². The fourth-order valence-corrected chi connectivity index (χ4v) is 3.32. The Hall–Kier alpha value is -1.43. The highest BCUT2D eigenvalue weighted by Crippen LogP contribution is 2.43. The molecule has 6 heteroatoms. The SMILES string of the molecule is CC1C(=O)NC(C)(C2CC2)C(=O)N1c1cc(F)ccc1Br. The maximum atomic E-state index is 13.6. The molecule has 1 heterocycles. The number of hydrogen-bond donors (Lipinski definition) is 1. The number of amides is 2. The summed E-state index contributed by atoms with van der Waals surface area (Å²) in [7, 11) is 0. The highest BCUT2D eigenvalue weighted by atomic mass is 79.9. The molecule has 1 aromatic carbocycles. The Balaban J connectivity index is 2.07. The number of anilines is 1. The van der Waals surface area contributed by atoms with Gasteiger partial charge in [0.05, 0.1) is 5.69 Å². The predicted octanol–water partition coefficient (Wildman–Crippen LogP) is 2.61. The largest absolute Gasteiger partial charge is 0.340 e. The van der Waals surface area contributed by atoms with Gasteiger partial charge in [0.15, 0.2) is 0 Å². The van der Waals surface area contributed by atoms with Crippen LogP contribution in [0.4, 0.5) is 10.1 Å². The Morgan fingerprint density at radius 1 is 1.38 bits per heavy atom. The quantitative estimate of drug-likeness (QED) is 0.887. The fraction of sp³-hybridized carbons (Fsp3) is 0.467. The zero-order chi connectivity index (χ0) is 15.4. The second-order valence-corrected chi connectivity index (χ2v) is 6.77. The van der Waals surface area contributed by atoms with E-state index in [9.17, 15) is 14.0 Å². The zero-order valence-electron chi connectivity index (χ0n) is 11.8. The fourth-order valence-electron chi connectivity index (χ4n) is 2.88. The van der Waals surface area contributed by atoms with Gasteiger partial charge in [-0.1, -0.05) is 0 Å². The first-order chi connectivity index (χ1) is 9.84. The molecule has 1 aliphatic carbocycles. The van der Waals surface area contributed by atoms with Crippen LogP contribution in [0.5, 0.6) is 0 Å². The van der Waals surface area contributed by atoms with Crippen molar-refractivity contribution in [2.24, 2.45) is 5.92 Å². The summed E-state index contributed by atoms with van der Waals surface area (Å²) in [6, 6.07) is 3.48. The van der Waals surface area contributed by atoms with Gasteiger partial charge in [-0.25, -0.2) is 4.39 Å². The lowest BCUT2D eigenvalue weighted by atomic mass is 9.89. The Morgan fingerprint density at radius 2 is 2.05 bits per heavy atom. The normalized spacial score (nSPS) is 29.5. The Morgan fingerprint density at radius 3 is 2.67 bits per heavy atom. The van der Waals surface area contributed by atoms with Crippen molar-refractivity contribution in [1.29, 1.82) is 0 Å². The van der Waals surface area contributed by atoms with Gasteiger partial charge in [-0.05, 0) is 66.7 Å². The van der Waals surface area contributed by atoms with Crippen LogP contribution in [-0.4, -0.2) is 23.4 Å². The van der Waals surface area contributed by atoms with Crippen molar-refractivity contribution in [2.75, 3.05) is 4.90 Å². The second-order valence-electron chi connectivity index (χ2n) is 5.91. The average molecular weight is 355 g/mol. The van der Waals surface area contributed by atoms with Crippen LogP contribution in [-0.2, 0) is 9.59 Å². The minimum Gasteiger partial charge on any atom is -0.340 e. The molecule has 1 saturated carbocycles. The third kappa shape index (κ3) is 2.25. The lowest BCUT2D eigenvalue weighted by Gasteiger charge is -2.43. The molecule has 21 heavy (non-hydrogen) atoms. The van der Waals surface area contributed by atoms with E-state index in [1.54, 1.807) is 19.9 Å². The molecule has 3 rings (SSSR count). The number of carbonyl (C=O) groups excluding carboxylic acids is 2.